The lowest BCUT2D eigenvalue weighted by Gasteiger charge is -2.26. The zero-order valence-electron chi connectivity index (χ0n) is 36.4. The van der Waals surface area contributed by atoms with Crippen LogP contribution in [0.4, 0.5) is 0 Å². The van der Waals surface area contributed by atoms with Crippen LogP contribution in [0, 0.1) is 0 Å². The molecule has 0 bridgehead atoms. The summed E-state index contributed by atoms with van der Waals surface area (Å²) in [5.41, 5.74) is 0. The number of ether oxygens (including phenoxy) is 5. The van der Waals surface area contributed by atoms with Gasteiger partial charge in [-0.15, -0.1) is 0 Å². The average molecular weight is 775 g/mol. The van der Waals surface area contributed by atoms with E-state index in [2.05, 4.69) is 59.3 Å². The van der Waals surface area contributed by atoms with Gasteiger partial charge >= 0.3 is 0 Å². The molecule has 6 nitrogen and oxygen atoms in total. The number of nitrogens with zero attached hydrogens (tertiary/aromatic N) is 1. The van der Waals surface area contributed by atoms with Gasteiger partial charge in [0.25, 0.3) is 6.48 Å². The molecular formula is C46H92ClNO5. The SMILES string of the molecule is CCCCCCCC/C=C\CCCCCCCCOCC(COC(OC)OCC[N+](C)(C)C)OCCCCCCCC/C=C\CCCCCCCC.[Cl-]. The van der Waals surface area contributed by atoms with Crippen LogP contribution in [0.25, 0.3) is 0 Å². The second kappa shape index (κ2) is 44.2. The Morgan fingerprint density at radius 1 is 0.434 bits per heavy atom. The summed E-state index contributed by atoms with van der Waals surface area (Å²) in [4.78, 5) is 0. The topological polar surface area (TPSA) is 46.2 Å². The number of halogens is 1. The number of unbranched alkanes of at least 4 members (excludes halogenated alkanes) is 24. The van der Waals surface area contributed by atoms with E-state index in [9.17, 15) is 0 Å². The van der Waals surface area contributed by atoms with Gasteiger partial charge in [0.1, 0.15) is 19.3 Å². The van der Waals surface area contributed by atoms with E-state index in [1.807, 2.05) is 0 Å². The van der Waals surface area contributed by atoms with Crippen LogP contribution in [0.1, 0.15) is 194 Å². The van der Waals surface area contributed by atoms with Gasteiger partial charge in [-0.1, -0.05) is 154 Å². The molecule has 7 heteroatoms. The number of hydrogen-bond donors (Lipinski definition) is 0. The number of rotatable bonds is 43. The second-order valence-corrected chi connectivity index (χ2v) is 16.2. The normalized spacial score (nSPS) is 13.3. The Kier molecular flexibility index (Phi) is 45.6. The molecule has 0 rings (SSSR count). The van der Waals surface area contributed by atoms with Crippen molar-refractivity contribution in [3.8, 4) is 0 Å². The molecule has 0 aliphatic rings. The lowest BCUT2D eigenvalue weighted by atomic mass is 10.1. The molecule has 0 saturated heterocycles. The highest BCUT2D eigenvalue weighted by molar-refractivity contribution is 4.82. The van der Waals surface area contributed by atoms with Gasteiger partial charge in [0.05, 0.1) is 34.4 Å². The predicted octanol–water partition coefficient (Wildman–Crippen LogP) is 10.1. The number of hydrogen-bond acceptors (Lipinski definition) is 5. The Hall–Kier alpha value is -0.470. The van der Waals surface area contributed by atoms with Gasteiger partial charge in [-0.05, 0) is 64.2 Å². The summed E-state index contributed by atoms with van der Waals surface area (Å²) >= 11 is 0. The van der Waals surface area contributed by atoms with Crippen molar-refractivity contribution < 1.29 is 40.6 Å². The van der Waals surface area contributed by atoms with E-state index in [0.29, 0.717) is 19.8 Å². The Morgan fingerprint density at radius 2 is 0.830 bits per heavy atom. The van der Waals surface area contributed by atoms with E-state index in [1.165, 1.54) is 167 Å². The maximum atomic E-state index is 6.27. The third-order valence-corrected chi connectivity index (χ3v) is 9.74. The molecule has 318 valence electrons. The largest absolute Gasteiger partial charge is 1.00 e. The molecule has 0 heterocycles. The molecule has 0 spiro atoms. The Labute approximate surface area is 337 Å². The van der Waals surface area contributed by atoms with Crippen molar-refractivity contribution in [2.75, 3.05) is 67.8 Å². The van der Waals surface area contributed by atoms with Crippen molar-refractivity contribution in [3.63, 3.8) is 0 Å². The first kappa shape index (κ1) is 54.6. The second-order valence-electron chi connectivity index (χ2n) is 16.2. The molecule has 0 saturated carbocycles. The van der Waals surface area contributed by atoms with Crippen LogP contribution in [0.5, 0.6) is 0 Å². The van der Waals surface area contributed by atoms with Crippen LogP contribution in [0.2, 0.25) is 0 Å². The lowest BCUT2D eigenvalue weighted by Crippen LogP contribution is -3.00. The third kappa shape index (κ3) is 45.8. The van der Waals surface area contributed by atoms with Crippen LogP contribution in [-0.2, 0) is 23.7 Å². The van der Waals surface area contributed by atoms with Crippen LogP contribution < -0.4 is 12.4 Å². The summed E-state index contributed by atoms with van der Waals surface area (Å²) in [7, 11) is 8.09. The molecule has 0 aromatic carbocycles. The third-order valence-electron chi connectivity index (χ3n) is 9.74. The van der Waals surface area contributed by atoms with Gasteiger partial charge in [-0.25, -0.2) is 0 Å². The standard InChI is InChI=1S/C46H92NO5.ClH/c1-7-9-11-13-15-17-19-21-23-25-27-29-31-33-35-37-40-49-43-45(44-52-46(48-6)51-42-39-47(3,4)5)50-41-38-36-34-32-30-28-26-24-22-20-18-16-14-12-10-8-2;/h21-24,45-46H,7-20,25-44H2,1-6H3;1H/q+1;/p-1/b23-21-,24-22-;. The number of allylic oxidation sites excluding steroid dienone is 4. The first-order valence-corrected chi connectivity index (χ1v) is 22.5. The fourth-order valence-corrected chi connectivity index (χ4v) is 6.20. The van der Waals surface area contributed by atoms with Gasteiger partial charge in [0.2, 0.25) is 0 Å². The zero-order chi connectivity index (χ0) is 38.1. The molecule has 0 aromatic heterocycles. The summed E-state index contributed by atoms with van der Waals surface area (Å²) < 4.78 is 30.4. The highest BCUT2D eigenvalue weighted by atomic mass is 35.5. The summed E-state index contributed by atoms with van der Waals surface area (Å²) in [5, 5.41) is 0. The Morgan fingerprint density at radius 3 is 1.25 bits per heavy atom. The average Bonchev–Trinajstić information content (AvgIpc) is 3.12. The minimum absolute atomic E-state index is 0. The maximum Gasteiger partial charge on any atom is 0.271 e. The Bertz CT molecular complexity index is 744. The van der Waals surface area contributed by atoms with Crippen molar-refractivity contribution in [1.29, 1.82) is 0 Å². The first-order valence-electron chi connectivity index (χ1n) is 22.5. The minimum Gasteiger partial charge on any atom is -1.00 e. The minimum atomic E-state index is -0.682. The molecule has 0 amide bonds. The van der Waals surface area contributed by atoms with E-state index in [4.69, 9.17) is 23.7 Å². The van der Waals surface area contributed by atoms with Crippen molar-refractivity contribution in [2.24, 2.45) is 0 Å². The van der Waals surface area contributed by atoms with E-state index >= 15 is 0 Å². The smallest absolute Gasteiger partial charge is 0.271 e. The predicted molar refractivity (Wildman–Crippen MR) is 225 cm³/mol. The maximum absolute atomic E-state index is 6.27. The monoisotopic (exact) mass is 774 g/mol. The molecule has 0 radical (unpaired) electrons. The fourth-order valence-electron chi connectivity index (χ4n) is 6.20. The highest BCUT2D eigenvalue weighted by Crippen LogP contribution is 2.13. The van der Waals surface area contributed by atoms with Crippen LogP contribution >= 0.6 is 0 Å². The molecule has 0 fully saturated rings. The van der Waals surface area contributed by atoms with Gasteiger partial charge in [0.15, 0.2) is 0 Å². The van der Waals surface area contributed by atoms with E-state index in [0.717, 1.165) is 37.1 Å². The molecule has 0 aliphatic carbocycles. The van der Waals surface area contributed by atoms with E-state index < -0.39 is 6.48 Å². The molecule has 0 N–H and O–H groups in total. The van der Waals surface area contributed by atoms with Crippen LogP contribution in [0.15, 0.2) is 24.3 Å². The van der Waals surface area contributed by atoms with Crippen molar-refractivity contribution >= 4 is 0 Å². The van der Waals surface area contributed by atoms with E-state index in [1.54, 1.807) is 7.11 Å². The van der Waals surface area contributed by atoms with Gasteiger partial charge in [0, 0.05) is 20.3 Å². The van der Waals surface area contributed by atoms with Crippen molar-refractivity contribution in [3.05, 3.63) is 24.3 Å². The van der Waals surface area contributed by atoms with Crippen LogP contribution in [-0.4, -0.2) is 84.9 Å². The fraction of sp³-hybridized carbons (Fsp3) is 0.913. The van der Waals surface area contributed by atoms with Crippen LogP contribution in [0.3, 0.4) is 0 Å². The van der Waals surface area contributed by atoms with E-state index in [-0.39, 0.29) is 18.5 Å². The molecule has 0 aliphatic heterocycles. The molecule has 0 aromatic rings. The Balaban J connectivity index is 0. The van der Waals surface area contributed by atoms with Gasteiger partial charge < -0.3 is 40.6 Å². The summed E-state index contributed by atoms with van der Waals surface area (Å²) in [5.74, 6) is 0. The summed E-state index contributed by atoms with van der Waals surface area (Å²) in [6.07, 6.45) is 46.3. The van der Waals surface area contributed by atoms with Crippen molar-refractivity contribution in [1.82, 2.24) is 0 Å². The molecule has 2 unspecified atom stereocenters. The lowest BCUT2D eigenvalue weighted by molar-refractivity contribution is -0.871. The molecule has 53 heavy (non-hydrogen) atoms. The van der Waals surface area contributed by atoms with Crippen molar-refractivity contribution in [2.45, 2.75) is 206 Å². The summed E-state index contributed by atoms with van der Waals surface area (Å²) in [6.45, 7) is 7.83. The van der Waals surface area contributed by atoms with Gasteiger partial charge in [-0.3, -0.25) is 0 Å². The number of likely N-dealkylation sites (N-methyl/N-ethyl adjacent to an activating group) is 1. The quantitative estimate of drug-likeness (QED) is 0.0267. The summed E-state index contributed by atoms with van der Waals surface area (Å²) in [6, 6.07) is 0. The number of quaternary nitrogens is 1. The molecule has 2 atom stereocenters. The van der Waals surface area contributed by atoms with Gasteiger partial charge in [-0.2, -0.15) is 0 Å². The highest BCUT2D eigenvalue weighted by Gasteiger charge is 2.17. The first-order chi connectivity index (χ1) is 25.4. The molecular weight excluding hydrogens is 682 g/mol. The number of methoxy groups -OCH3 is 1. The zero-order valence-corrected chi connectivity index (χ0v) is 37.1.